The molecule has 0 atom stereocenters. The number of esters is 1. The summed E-state index contributed by atoms with van der Waals surface area (Å²) >= 11 is 0. The van der Waals surface area contributed by atoms with E-state index in [0.717, 1.165) is 11.6 Å². The second kappa shape index (κ2) is 9.41. The highest BCUT2D eigenvalue weighted by atomic mass is 19.1. The highest BCUT2D eigenvalue weighted by Crippen LogP contribution is 2.18. The molecule has 26 heavy (non-hydrogen) atoms. The molecule has 0 heterocycles. The third kappa shape index (κ3) is 5.77. The van der Waals surface area contributed by atoms with Gasteiger partial charge in [-0.15, -0.1) is 0 Å². The maximum absolute atomic E-state index is 13.6. The van der Waals surface area contributed by atoms with Crippen molar-refractivity contribution >= 4 is 11.9 Å². The zero-order valence-electron chi connectivity index (χ0n) is 14.6. The van der Waals surface area contributed by atoms with Crippen LogP contribution in [0.4, 0.5) is 4.39 Å². The predicted molar refractivity (Wildman–Crippen MR) is 92.9 cm³/mol. The van der Waals surface area contributed by atoms with E-state index < -0.39 is 24.3 Å². The van der Waals surface area contributed by atoms with Gasteiger partial charge in [0.05, 0.1) is 19.2 Å². The topological polar surface area (TPSA) is 73.9 Å². The molecule has 1 amide bonds. The molecule has 1 N–H and O–H groups in total. The first-order valence-electron chi connectivity index (χ1n) is 7.96. The Morgan fingerprint density at radius 2 is 1.96 bits per heavy atom. The number of carbonyl (C=O) groups excluding carboxylic acids is 2. The number of aryl methyl sites for hydroxylation is 1. The molecule has 0 fully saturated rings. The first kappa shape index (κ1) is 19.2. The molecule has 2 rings (SSSR count). The van der Waals surface area contributed by atoms with Crippen LogP contribution >= 0.6 is 0 Å². The van der Waals surface area contributed by atoms with Gasteiger partial charge in [0.25, 0.3) is 5.91 Å². The Balaban J connectivity index is 1.69. The molecule has 0 aromatic heterocycles. The highest BCUT2D eigenvalue weighted by molar-refractivity contribution is 5.91. The van der Waals surface area contributed by atoms with Gasteiger partial charge < -0.3 is 19.5 Å². The summed E-state index contributed by atoms with van der Waals surface area (Å²) in [6.45, 7) is 2.04. The number of hydrogen-bond donors (Lipinski definition) is 1. The Kier molecular flexibility index (Phi) is 6.96. The third-order valence-electron chi connectivity index (χ3n) is 3.40. The first-order chi connectivity index (χ1) is 12.5. The summed E-state index contributed by atoms with van der Waals surface area (Å²) in [5.41, 5.74) is 1.08. The smallest absolute Gasteiger partial charge is 0.338 e. The molecule has 0 aliphatic heterocycles. The largest absolute Gasteiger partial charge is 0.494 e. The molecule has 0 bridgehead atoms. The van der Waals surface area contributed by atoms with Crippen LogP contribution in [-0.2, 0) is 9.53 Å². The SMILES string of the molecule is COc1ccc(C(=O)OCC(=O)NCCOc2cccc(C)c2)cc1F. The van der Waals surface area contributed by atoms with Crippen molar-refractivity contribution in [3.63, 3.8) is 0 Å². The lowest BCUT2D eigenvalue weighted by molar-refractivity contribution is -0.124. The predicted octanol–water partition coefficient (Wildman–Crippen LogP) is 2.49. The van der Waals surface area contributed by atoms with E-state index in [1.807, 2.05) is 31.2 Å². The van der Waals surface area contributed by atoms with E-state index in [4.69, 9.17) is 14.2 Å². The van der Waals surface area contributed by atoms with Gasteiger partial charge in [0.2, 0.25) is 0 Å². The fourth-order valence-corrected chi connectivity index (χ4v) is 2.12. The minimum Gasteiger partial charge on any atom is -0.494 e. The normalized spacial score (nSPS) is 10.1. The lowest BCUT2D eigenvalue weighted by Crippen LogP contribution is -2.32. The van der Waals surface area contributed by atoms with Crippen molar-refractivity contribution in [2.24, 2.45) is 0 Å². The Hall–Kier alpha value is -3.09. The van der Waals surface area contributed by atoms with Crippen molar-refractivity contribution in [2.75, 3.05) is 26.9 Å². The van der Waals surface area contributed by atoms with Gasteiger partial charge in [0, 0.05) is 0 Å². The summed E-state index contributed by atoms with van der Waals surface area (Å²) in [6, 6.07) is 11.2. The third-order valence-corrected chi connectivity index (χ3v) is 3.40. The van der Waals surface area contributed by atoms with Gasteiger partial charge in [-0.05, 0) is 42.8 Å². The number of hydrogen-bond acceptors (Lipinski definition) is 5. The Morgan fingerprint density at radius 1 is 1.15 bits per heavy atom. The van der Waals surface area contributed by atoms with Gasteiger partial charge in [-0.2, -0.15) is 0 Å². The zero-order valence-corrected chi connectivity index (χ0v) is 14.6. The van der Waals surface area contributed by atoms with E-state index in [9.17, 15) is 14.0 Å². The quantitative estimate of drug-likeness (QED) is 0.578. The minimum absolute atomic E-state index is 0.00104. The summed E-state index contributed by atoms with van der Waals surface area (Å²) in [7, 11) is 1.32. The second-order valence-electron chi connectivity index (χ2n) is 5.44. The average molecular weight is 361 g/mol. The minimum atomic E-state index is -0.794. The van der Waals surface area contributed by atoms with E-state index in [0.29, 0.717) is 5.75 Å². The number of rotatable bonds is 8. The standard InChI is InChI=1S/C19H20FNO5/c1-13-4-3-5-15(10-13)25-9-8-21-18(22)12-26-19(23)14-6-7-17(24-2)16(20)11-14/h3-7,10-11H,8-9,12H2,1-2H3,(H,21,22). The maximum atomic E-state index is 13.6. The van der Waals surface area contributed by atoms with Crippen LogP contribution in [0.1, 0.15) is 15.9 Å². The fourth-order valence-electron chi connectivity index (χ4n) is 2.12. The molecule has 7 heteroatoms. The van der Waals surface area contributed by atoms with Gasteiger partial charge in [-0.3, -0.25) is 4.79 Å². The van der Waals surface area contributed by atoms with Crippen molar-refractivity contribution in [3.05, 3.63) is 59.4 Å². The van der Waals surface area contributed by atoms with E-state index in [2.05, 4.69) is 5.32 Å². The monoisotopic (exact) mass is 361 g/mol. The molecule has 2 aromatic rings. The van der Waals surface area contributed by atoms with Gasteiger partial charge in [-0.25, -0.2) is 9.18 Å². The average Bonchev–Trinajstić information content (AvgIpc) is 2.63. The fraction of sp³-hybridized carbons (Fsp3) is 0.263. The van der Waals surface area contributed by atoms with Crippen molar-refractivity contribution < 1.29 is 28.2 Å². The molecular formula is C19H20FNO5. The van der Waals surface area contributed by atoms with E-state index in [1.54, 1.807) is 0 Å². The number of benzene rings is 2. The van der Waals surface area contributed by atoms with Gasteiger partial charge in [0.15, 0.2) is 18.2 Å². The number of ether oxygens (including phenoxy) is 3. The summed E-state index contributed by atoms with van der Waals surface area (Å²) in [5, 5.41) is 2.57. The Morgan fingerprint density at radius 3 is 2.65 bits per heavy atom. The first-order valence-corrected chi connectivity index (χ1v) is 7.96. The molecule has 0 aliphatic carbocycles. The van der Waals surface area contributed by atoms with Gasteiger partial charge in [-0.1, -0.05) is 12.1 Å². The van der Waals surface area contributed by atoms with Crippen LogP contribution in [0.3, 0.4) is 0 Å². The molecule has 2 aromatic carbocycles. The van der Waals surface area contributed by atoms with Gasteiger partial charge in [0.1, 0.15) is 12.4 Å². The van der Waals surface area contributed by atoms with Gasteiger partial charge >= 0.3 is 5.97 Å². The van der Waals surface area contributed by atoms with Crippen molar-refractivity contribution in [1.29, 1.82) is 0 Å². The van der Waals surface area contributed by atoms with Crippen LogP contribution in [0.2, 0.25) is 0 Å². The van der Waals surface area contributed by atoms with Crippen molar-refractivity contribution in [1.82, 2.24) is 5.32 Å². The molecule has 0 radical (unpaired) electrons. The van der Waals surface area contributed by atoms with Crippen LogP contribution in [-0.4, -0.2) is 38.7 Å². The summed E-state index contributed by atoms with van der Waals surface area (Å²) in [4.78, 5) is 23.5. The number of methoxy groups -OCH3 is 1. The molecule has 0 aliphatic rings. The maximum Gasteiger partial charge on any atom is 0.338 e. The summed E-state index contributed by atoms with van der Waals surface area (Å²) in [5.74, 6) is -1.21. The number of carbonyl (C=O) groups is 2. The Bertz CT molecular complexity index is 778. The molecular weight excluding hydrogens is 341 g/mol. The molecule has 6 nitrogen and oxygen atoms in total. The number of halogens is 1. The second-order valence-corrected chi connectivity index (χ2v) is 5.44. The molecule has 138 valence electrons. The van der Waals surface area contributed by atoms with E-state index in [-0.39, 0.29) is 24.5 Å². The molecule has 0 saturated carbocycles. The highest BCUT2D eigenvalue weighted by Gasteiger charge is 2.13. The molecule has 0 spiro atoms. The van der Waals surface area contributed by atoms with E-state index >= 15 is 0 Å². The van der Waals surface area contributed by atoms with Crippen LogP contribution in [0.15, 0.2) is 42.5 Å². The van der Waals surface area contributed by atoms with Crippen molar-refractivity contribution in [3.8, 4) is 11.5 Å². The summed E-state index contributed by atoms with van der Waals surface area (Å²) < 4.78 is 28.7. The summed E-state index contributed by atoms with van der Waals surface area (Å²) in [6.07, 6.45) is 0. The van der Waals surface area contributed by atoms with Crippen LogP contribution < -0.4 is 14.8 Å². The zero-order chi connectivity index (χ0) is 18.9. The van der Waals surface area contributed by atoms with E-state index in [1.165, 1.54) is 19.2 Å². The lowest BCUT2D eigenvalue weighted by Gasteiger charge is -2.09. The lowest BCUT2D eigenvalue weighted by atomic mass is 10.2. The molecule has 0 saturated heterocycles. The van der Waals surface area contributed by atoms with Crippen LogP contribution in [0.5, 0.6) is 11.5 Å². The number of amides is 1. The Labute approximate surface area is 150 Å². The van der Waals surface area contributed by atoms with Crippen LogP contribution in [0.25, 0.3) is 0 Å². The number of nitrogens with one attached hydrogen (secondary N) is 1. The van der Waals surface area contributed by atoms with Crippen LogP contribution in [0, 0.1) is 12.7 Å². The molecule has 0 unspecified atom stereocenters. The van der Waals surface area contributed by atoms with Crippen molar-refractivity contribution in [2.45, 2.75) is 6.92 Å².